The number of nitrogens with one attached hydrogen (secondary N) is 1. The lowest BCUT2D eigenvalue weighted by molar-refractivity contribution is 0.0699. The van der Waals surface area contributed by atoms with Crippen LogP contribution in [0, 0.1) is 6.92 Å². The van der Waals surface area contributed by atoms with Crippen LogP contribution in [0.3, 0.4) is 0 Å². The molecule has 1 fully saturated rings. The van der Waals surface area contributed by atoms with E-state index in [1.165, 1.54) is 11.1 Å². The van der Waals surface area contributed by atoms with E-state index in [-0.39, 0.29) is 11.8 Å². The van der Waals surface area contributed by atoms with Gasteiger partial charge in [-0.15, -0.1) is 5.10 Å². The SMILES string of the molecule is Cc1ccccc1Cn1cc(C(=O)N2CCCC(c3nc4ccccc4[nH]3)C2)nn1. The zero-order valence-electron chi connectivity index (χ0n) is 17.0. The standard InChI is InChI=1S/C23H24N6O/c1-16-7-2-3-8-17(16)14-29-15-21(26-27-29)23(30)28-12-6-9-18(13-28)22-24-19-10-4-5-11-20(19)25-22/h2-5,7-8,10-11,15,18H,6,9,12-14H2,1H3,(H,24,25). The number of fused-ring (bicyclic) bond motifs is 1. The number of aryl methyl sites for hydroxylation is 1. The lowest BCUT2D eigenvalue weighted by atomic mass is 9.97. The number of carbonyl (C=O) groups excluding carboxylic acids is 1. The van der Waals surface area contributed by atoms with E-state index in [1.54, 1.807) is 10.9 Å². The Morgan fingerprint density at radius 3 is 2.87 bits per heavy atom. The Morgan fingerprint density at radius 2 is 2.00 bits per heavy atom. The fourth-order valence-corrected chi connectivity index (χ4v) is 4.15. The lowest BCUT2D eigenvalue weighted by Gasteiger charge is -2.31. The maximum Gasteiger partial charge on any atom is 0.276 e. The number of likely N-dealkylation sites (tertiary alicyclic amines) is 1. The summed E-state index contributed by atoms with van der Waals surface area (Å²) < 4.78 is 1.73. The fourth-order valence-electron chi connectivity index (χ4n) is 4.15. The van der Waals surface area contributed by atoms with Gasteiger partial charge >= 0.3 is 0 Å². The molecule has 2 aromatic heterocycles. The number of para-hydroxylation sites is 2. The number of H-pyrrole nitrogens is 1. The van der Waals surface area contributed by atoms with Crippen molar-refractivity contribution in [3.05, 3.63) is 77.4 Å². The molecule has 1 unspecified atom stereocenters. The van der Waals surface area contributed by atoms with E-state index in [2.05, 4.69) is 34.4 Å². The Kier molecular flexibility index (Phi) is 4.78. The van der Waals surface area contributed by atoms with Gasteiger partial charge in [-0.1, -0.05) is 41.6 Å². The van der Waals surface area contributed by atoms with Crippen molar-refractivity contribution in [3.8, 4) is 0 Å². The largest absolute Gasteiger partial charge is 0.342 e. The zero-order valence-corrected chi connectivity index (χ0v) is 17.0. The number of hydrogen-bond acceptors (Lipinski definition) is 4. The van der Waals surface area contributed by atoms with E-state index in [1.807, 2.05) is 41.3 Å². The third-order valence-corrected chi connectivity index (χ3v) is 5.85. The van der Waals surface area contributed by atoms with Gasteiger partial charge in [0.15, 0.2) is 5.69 Å². The van der Waals surface area contributed by atoms with Crippen molar-refractivity contribution >= 4 is 16.9 Å². The van der Waals surface area contributed by atoms with E-state index < -0.39 is 0 Å². The lowest BCUT2D eigenvalue weighted by Crippen LogP contribution is -2.39. The van der Waals surface area contributed by atoms with Crippen LogP contribution >= 0.6 is 0 Å². The van der Waals surface area contributed by atoms with Crippen LogP contribution in [-0.2, 0) is 6.54 Å². The van der Waals surface area contributed by atoms with Crippen molar-refractivity contribution in [1.29, 1.82) is 0 Å². The predicted molar refractivity (Wildman–Crippen MR) is 114 cm³/mol. The van der Waals surface area contributed by atoms with Gasteiger partial charge in [0.1, 0.15) is 5.82 Å². The molecule has 1 aliphatic heterocycles. The number of imidazole rings is 1. The summed E-state index contributed by atoms with van der Waals surface area (Å²) in [5, 5.41) is 8.32. The average molecular weight is 400 g/mol. The molecule has 7 heteroatoms. The van der Waals surface area contributed by atoms with Crippen molar-refractivity contribution in [1.82, 2.24) is 29.9 Å². The van der Waals surface area contributed by atoms with Gasteiger partial charge in [-0.25, -0.2) is 9.67 Å². The van der Waals surface area contributed by atoms with Gasteiger partial charge in [0, 0.05) is 19.0 Å². The molecule has 30 heavy (non-hydrogen) atoms. The first kappa shape index (κ1) is 18.5. The van der Waals surface area contributed by atoms with E-state index in [0.29, 0.717) is 18.8 Å². The van der Waals surface area contributed by atoms with Gasteiger partial charge in [0.2, 0.25) is 0 Å². The summed E-state index contributed by atoms with van der Waals surface area (Å²) in [7, 11) is 0. The maximum absolute atomic E-state index is 13.1. The van der Waals surface area contributed by atoms with Crippen molar-refractivity contribution in [2.45, 2.75) is 32.2 Å². The molecule has 0 spiro atoms. The van der Waals surface area contributed by atoms with Crippen molar-refractivity contribution in [2.24, 2.45) is 0 Å². The number of aromatic nitrogens is 5. The molecule has 1 aliphatic rings. The average Bonchev–Trinajstić information content (AvgIpc) is 3.42. The predicted octanol–water partition coefficient (Wildman–Crippen LogP) is 3.53. The molecule has 7 nitrogen and oxygen atoms in total. The molecule has 3 heterocycles. The summed E-state index contributed by atoms with van der Waals surface area (Å²) in [6.07, 6.45) is 3.72. The Labute approximate surface area is 174 Å². The second-order valence-electron chi connectivity index (χ2n) is 7.96. The molecule has 5 rings (SSSR count). The Balaban J connectivity index is 1.30. The topological polar surface area (TPSA) is 79.7 Å². The first-order valence-electron chi connectivity index (χ1n) is 10.4. The van der Waals surface area contributed by atoms with E-state index in [0.717, 1.165) is 36.2 Å². The highest BCUT2D eigenvalue weighted by Crippen LogP contribution is 2.27. The molecular formula is C23H24N6O. The second-order valence-corrected chi connectivity index (χ2v) is 7.96. The molecule has 2 aromatic carbocycles. The summed E-state index contributed by atoms with van der Waals surface area (Å²) in [6, 6.07) is 16.2. The van der Waals surface area contributed by atoms with Gasteiger partial charge in [0.25, 0.3) is 5.91 Å². The summed E-state index contributed by atoms with van der Waals surface area (Å²) >= 11 is 0. The minimum atomic E-state index is -0.0631. The van der Waals surface area contributed by atoms with Crippen LogP contribution in [0.15, 0.2) is 54.7 Å². The Hall–Kier alpha value is -3.48. The van der Waals surface area contributed by atoms with Crippen LogP contribution in [0.5, 0.6) is 0 Å². The summed E-state index contributed by atoms with van der Waals surface area (Å²) in [5.74, 6) is 1.10. The first-order valence-corrected chi connectivity index (χ1v) is 10.4. The van der Waals surface area contributed by atoms with Crippen LogP contribution in [0.25, 0.3) is 11.0 Å². The molecule has 0 radical (unpaired) electrons. The van der Waals surface area contributed by atoms with Crippen LogP contribution < -0.4 is 0 Å². The molecule has 0 aliphatic carbocycles. The number of rotatable bonds is 4. The number of nitrogens with zero attached hydrogens (tertiary/aromatic N) is 5. The van der Waals surface area contributed by atoms with Gasteiger partial charge in [-0.2, -0.15) is 0 Å². The van der Waals surface area contributed by atoms with Crippen molar-refractivity contribution in [2.75, 3.05) is 13.1 Å². The molecule has 152 valence electrons. The number of carbonyl (C=O) groups is 1. The number of amides is 1. The summed E-state index contributed by atoms with van der Waals surface area (Å²) in [4.78, 5) is 23.1. The van der Waals surface area contributed by atoms with E-state index in [4.69, 9.17) is 4.98 Å². The molecular weight excluding hydrogens is 376 g/mol. The highest BCUT2D eigenvalue weighted by Gasteiger charge is 2.28. The van der Waals surface area contributed by atoms with Gasteiger partial charge in [-0.3, -0.25) is 4.79 Å². The molecule has 1 atom stereocenters. The van der Waals surface area contributed by atoms with Crippen LogP contribution in [0.1, 0.15) is 46.2 Å². The van der Waals surface area contributed by atoms with Crippen molar-refractivity contribution < 1.29 is 4.79 Å². The monoisotopic (exact) mass is 400 g/mol. The molecule has 1 N–H and O–H groups in total. The minimum absolute atomic E-state index is 0.0631. The normalized spacial score (nSPS) is 16.8. The highest BCUT2D eigenvalue weighted by atomic mass is 16.2. The molecule has 1 amide bonds. The molecule has 0 saturated carbocycles. The van der Waals surface area contributed by atoms with E-state index >= 15 is 0 Å². The second kappa shape index (κ2) is 7.74. The third kappa shape index (κ3) is 3.58. The minimum Gasteiger partial charge on any atom is -0.342 e. The zero-order chi connectivity index (χ0) is 20.5. The van der Waals surface area contributed by atoms with E-state index in [9.17, 15) is 4.79 Å². The van der Waals surface area contributed by atoms with Crippen LogP contribution in [0.2, 0.25) is 0 Å². The quantitative estimate of drug-likeness (QED) is 0.568. The molecule has 0 bridgehead atoms. The Bertz CT molecular complexity index is 1160. The smallest absolute Gasteiger partial charge is 0.276 e. The third-order valence-electron chi connectivity index (χ3n) is 5.85. The van der Waals surface area contributed by atoms with Crippen LogP contribution in [0.4, 0.5) is 0 Å². The number of hydrogen-bond donors (Lipinski definition) is 1. The molecule has 1 saturated heterocycles. The van der Waals surface area contributed by atoms with Gasteiger partial charge in [-0.05, 0) is 43.0 Å². The highest BCUT2D eigenvalue weighted by molar-refractivity contribution is 5.92. The first-order chi connectivity index (χ1) is 14.7. The fraction of sp³-hybridized carbons (Fsp3) is 0.304. The van der Waals surface area contributed by atoms with Gasteiger partial charge < -0.3 is 9.88 Å². The summed E-state index contributed by atoms with van der Waals surface area (Å²) in [6.45, 7) is 4.06. The van der Waals surface area contributed by atoms with Gasteiger partial charge in [0.05, 0.1) is 23.8 Å². The number of aromatic amines is 1. The molecule has 4 aromatic rings. The van der Waals surface area contributed by atoms with Crippen molar-refractivity contribution in [3.63, 3.8) is 0 Å². The number of benzene rings is 2. The van der Waals surface area contributed by atoms with Crippen LogP contribution in [-0.4, -0.2) is 48.9 Å². The Morgan fingerprint density at radius 1 is 1.17 bits per heavy atom. The summed E-state index contributed by atoms with van der Waals surface area (Å²) in [5.41, 5.74) is 4.77. The maximum atomic E-state index is 13.1. The number of piperidine rings is 1.